The Hall–Kier alpha value is -6.77. The molecule has 0 aliphatic heterocycles. The fraction of sp³-hybridized carbons (Fsp3) is 0.0577. The van der Waals surface area contributed by atoms with E-state index in [0.29, 0.717) is 0 Å². The lowest BCUT2D eigenvalue weighted by molar-refractivity contribution is 1.04. The highest BCUT2D eigenvalue weighted by Crippen LogP contribution is 2.50. The number of aromatic nitrogens is 2. The van der Waals surface area contributed by atoms with Crippen molar-refractivity contribution >= 4 is 33.2 Å². The number of benzene rings is 5. The van der Waals surface area contributed by atoms with Gasteiger partial charge in [0.25, 0.3) is 0 Å². The number of hydrogen-bond acceptors (Lipinski definition) is 1. The summed E-state index contributed by atoms with van der Waals surface area (Å²) in [6.45, 7) is 16.4. The number of allylic oxidation sites excluding steroid dienone is 15. The number of imidazole rings is 1. The second kappa shape index (κ2) is 16.3. The molecule has 54 heavy (non-hydrogen) atoms. The first kappa shape index (κ1) is 35.6. The minimum absolute atomic E-state index is 0.789. The van der Waals surface area contributed by atoms with Gasteiger partial charge in [-0.25, -0.2) is 4.98 Å². The highest BCUT2D eigenvalue weighted by atomic mass is 15.1. The fourth-order valence-corrected chi connectivity index (χ4v) is 7.39. The molecule has 5 aromatic carbocycles. The molecule has 2 nitrogen and oxygen atoms in total. The first-order valence-corrected chi connectivity index (χ1v) is 18.4. The van der Waals surface area contributed by atoms with Gasteiger partial charge in [0, 0.05) is 17.5 Å². The smallest absolute Gasteiger partial charge is 0.144 e. The molecule has 0 amide bonds. The molecule has 1 aliphatic carbocycles. The Kier molecular flexibility index (Phi) is 10.7. The normalized spacial score (nSPS) is 13.4. The predicted octanol–water partition coefficient (Wildman–Crippen LogP) is 14.1. The lowest BCUT2D eigenvalue weighted by Gasteiger charge is -2.25. The SMILES string of the molecule is C=C/C=C\C=C(/C)n1cc(C)nc1C1=CC=CCC(c2ccc3c(-c4ccccc4)c(-c4ccccc4)c(/C(C=C)=C/C=C)c(-c4ccccc4)c3c2)=C1. The van der Waals surface area contributed by atoms with Crippen LogP contribution in [-0.4, -0.2) is 9.55 Å². The van der Waals surface area contributed by atoms with Gasteiger partial charge in [0.15, 0.2) is 0 Å². The van der Waals surface area contributed by atoms with E-state index in [1.165, 1.54) is 38.6 Å². The second-order valence-electron chi connectivity index (χ2n) is 13.3. The van der Waals surface area contributed by atoms with Crippen LogP contribution in [0.3, 0.4) is 0 Å². The molecule has 0 saturated carbocycles. The van der Waals surface area contributed by atoms with Gasteiger partial charge in [-0.15, -0.1) is 0 Å². The Balaban J connectivity index is 1.55. The van der Waals surface area contributed by atoms with Crippen LogP contribution in [0.25, 0.3) is 66.6 Å². The molecule has 0 radical (unpaired) electrons. The topological polar surface area (TPSA) is 17.8 Å². The highest BCUT2D eigenvalue weighted by Gasteiger charge is 2.25. The van der Waals surface area contributed by atoms with Gasteiger partial charge >= 0.3 is 0 Å². The molecule has 1 aromatic heterocycles. The molecule has 262 valence electrons. The summed E-state index contributed by atoms with van der Waals surface area (Å²) in [5.41, 5.74) is 14.6. The van der Waals surface area contributed by atoms with Crippen molar-refractivity contribution in [1.29, 1.82) is 0 Å². The Morgan fingerprint density at radius 2 is 1.33 bits per heavy atom. The van der Waals surface area contributed by atoms with Gasteiger partial charge in [0.1, 0.15) is 5.82 Å². The molecule has 0 N–H and O–H groups in total. The van der Waals surface area contributed by atoms with Gasteiger partial charge in [-0.2, -0.15) is 0 Å². The van der Waals surface area contributed by atoms with Crippen molar-refractivity contribution in [2.24, 2.45) is 0 Å². The van der Waals surface area contributed by atoms with E-state index in [9.17, 15) is 0 Å². The molecule has 1 heterocycles. The van der Waals surface area contributed by atoms with E-state index < -0.39 is 0 Å². The average molecular weight is 697 g/mol. The lowest BCUT2D eigenvalue weighted by atomic mass is 9.78. The third-order valence-electron chi connectivity index (χ3n) is 9.80. The summed E-state index contributed by atoms with van der Waals surface area (Å²) in [5.74, 6) is 0.911. The number of nitrogens with zero attached hydrogens (tertiary/aromatic N) is 2. The predicted molar refractivity (Wildman–Crippen MR) is 235 cm³/mol. The van der Waals surface area contributed by atoms with Gasteiger partial charge in [0.05, 0.1) is 5.69 Å². The molecule has 6 aromatic rings. The van der Waals surface area contributed by atoms with Gasteiger partial charge in [0.2, 0.25) is 0 Å². The first-order chi connectivity index (χ1) is 26.5. The van der Waals surface area contributed by atoms with Crippen molar-refractivity contribution in [3.63, 3.8) is 0 Å². The molecule has 0 unspecified atom stereocenters. The standard InChI is InChI=1S/C52H44N2/c1-6-9-13-23-38(5)54-36-37(4)53-52(54)45-31-21-20-30-43(34-45)44-32-33-46-47(35-44)49(41-26-16-11-17-27-41)50(39(8-3)22-7-2)51(42-28-18-12-19-29-42)48(46)40-24-14-10-15-25-40/h6-29,31-36H,1-3,30H2,4-5H3/b13-9-,38-23+,39-22+. The Bertz CT molecular complexity index is 2550. The molecule has 0 saturated heterocycles. The molecular weight excluding hydrogens is 653 g/mol. The number of hydrogen-bond donors (Lipinski definition) is 0. The van der Waals surface area contributed by atoms with E-state index in [4.69, 9.17) is 4.98 Å². The molecule has 1 aliphatic rings. The van der Waals surface area contributed by atoms with Crippen LogP contribution in [-0.2, 0) is 0 Å². The minimum atomic E-state index is 0.789. The van der Waals surface area contributed by atoms with Crippen molar-refractivity contribution in [2.45, 2.75) is 20.3 Å². The molecule has 0 atom stereocenters. The monoisotopic (exact) mass is 696 g/mol. The zero-order chi connectivity index (χ0) is 37.4. The quantitative estimate of drug-likeness (QED) is 0.123. The molecule has 0 fully saturated rings. The minimum Gasteiger partial charge on any atom is -0.304 e. The fourth-order valence-electron chi connectivity index (χ4n) is 7.39. The molecule has 0 spiro atoms. The van der Waals surface area contributed by atoms with E-state index in [2.05, 4.69) is 183 Å². The van der Waals surface area contributed by atoms with Crippen LogP contribution in [0.15, 0.2) is 202 Å². The molecule has 7 rings (SSSR count). The highest BCUT2D eigenvalue weighted by molar-refractivity contribution is 6.17. The number of fused-ring (bicyclic) bond motifs is 1. The van der Waals surface area contributed by atoms with Crippen LogP contribution in [0.1, 0.15) is 36.0 Å². The van der Waals surface area contributed by atoms with Crippen LogP contribution >= 0.6 is 0 Å². The van der Waals surface area contributed by atoms with Crippen LogP contribution in [0.2, 0.25) is 0 Å². The van der Waals surface area contributed by atoms with Crippen molar-refractivity contribution in [1.82, 2.24) is 9.55 Å². The van der Waals surface area contributed by atoms with Crippen molar-refractivity contribution in [2.75, 3.05) is 0 Å². The van der Waals surface area contributed by atoms with Crippen LogP contribution in [0, 0.1) is 6.92 Å². The van der Waals surface area contributed by atoms with E-state index in [1.54, 1.807) is 6.08 Å². The average Bonchev–Trinajstić information content (AvgIpc) is 3.44. The maximum absolute atomic E-state index is 5.01. The summed E-state index contributed by atoms with van der Waals surface area (Å²) >= 11 is 0. The largest absolute Gasteiger partial charge is 0.304 e. The van der Waals surface area contributed by atoms with E-state index in [1.807, 2.05) is 31.2 Å². The number of aryl methyl sites for hydroxylation is 1. The summed E-state index contributed by atoms with van der Waals surface area (Å²) in [7, 11) is 0. The Morgan fingerprint density at radius 3 is 1.96 bits per heavy atom. The Morgan fingerprint density at radius 1 is 0.685 bits per heavy atom. The van der Waals surface area contributed by atoms with Gasteiger partial charge in [-0.3, -0.25) is 0 Å². The third kappa shape index (κ3) is 7.15. The Labute approximate surface area is 319 Å². The van der Waals surface area contributed by atoms with Gasteiger partial charge < -0.3 is 4.57 Å². The van der Waals surface area contributed by atoms with Crippen LogP contribution < -0.4 is 0 Å². The zero-order valence-electron chi connectivity index (χ0n) is 31.0. The second-order valence-corrected chi connectivity index (χ2v) is 13.3. The van der Waals surface area contributed by atoms with Crippen molar-refractivity contribution < 1.29 is 0 Å². The first-order valence-electron chi connectivity index (χ1n) is 18.4. The molecular formula is C52H44N2. The van der Waals surface area contributed by atoms with Gasteiger partial charge in [-0.05, 0) is 105 Å². The summed E-state index contributed by atoms with van der Waals surface area (Å²) in [4.78, 5) is 5.01. The van der Waals surface area contributed by atoms with Gasteiger partial charge in [-0.1, -0.05) is 178 Å². The van der Waals surface area contributed by atoms with E-state index in [-0.39, 0.29) is 0 Å². The van der Waals surface area contributed by atoms with E-state index in [0.717, 1.165) is 57.0 Å². The lowest BCUT2D eigenvalue weighted by Crippen LogP contribution is -2.01. The zero-order valence-corrected chi connectivity index (χ0v) is 31.0. The summed E-state index contributed by atoms with van der Waals surface area (Å²) in [5, 5.41) is 2.36. The van der Waals surface area contributed by atoms with Crippen molar-refractivity contribution in [3.05, 3.63) is 225 Å². The molecule has 0 bridgehead atoms. The van der Waals surface area contributed by atoms with Crippen molar-refractivity contribution in [3.8, 4) is 33.4 Å². The van der Waals surface area contributed by atoms with Crippen LogP contribution in [0.4, 0.5) is 0 Å². The summed E-state index contributed by atoms with van der Waals surface area (Å²) < 4.78 is 2.17. The maximum atomic E-state index is 5.01. The van der Waals surface area contributed by atoms with E-state index >= 15 is 0 Å². The summed E-state index contributed by atoms with van der Waals surface area (Å²) in [6, 6.07) is 39.3. The third-order valence-corrected chi connectivity index (χ3v) is 9.80. The summed E-state index contributed by atoms with van der Waals surface area (Å²) in [6.07, 6.45) is 25.5. The van der Waals surface area contributed by atoms with Crippen LogP contribution in [0.5, 0.6) is 0 Å². The molecule has 2 heteroatoms. The number of rotatable bonds is 11. The maximum Gasteiger partial charge on any atom is 0.144 e.